The summed E-state index contributed by atoms with van der Waals surface area (Å²) in [5.41, 5.74) is 1.78. The van der Waals surface area contributed by atoms with Gasteiger partial charge in [0, 0.05) is 4.47 Å². The van der Waals surface area contributed by atoms with E-state index in [1.54, 1.807) is 18.0 Å². The van der Waals surface area contributed by atoms with Crippen LogP contribution in [0, 0.1) is 4.77 Å². The molecule has 0 aliphatic heterocycles. The van der Waals surface area contributed by atoms with E-state index in [0.717, 1.165) is 15.6 Å². The first kappa shape index (κ1) is 15.6. The fourth-order valence-corrected chi connectivity index (χ4v) is 2.52. The average Bonchev–Trinajstić information content (AvgIpc) is 2.95. The quantitative estimate of drug-likeness (QED) is 0.536. The predicted octanol–water partition coefficient (Wildman–Crippen LogP) is 4.26. The second-order valence-corrected chi connectivity index (χ2v) is 5.96. The Morgan fingerprint density at radius 3 is 2.70 bits per heavy atom. The van der Waals surface area contributed by atoms with Crippen molar-refractivity contribution < 1.29 is 4.74 Å². The maximum Gasteiger partial charge on any atom is 0.216 e. The molecule has 2 aromatic carbocycles. The normalized spacial score (nSPS) is 11.0. The Morgan fingerprint density at radius 2 is 1.96 bits per heavy atom. The van der Waals surface area contributed by atoms with Crippen LogP contribution in [0.3, 0.4) is 0 Å². The van der Waals surface area contributed by atoms with Crippen molar-refractivity contribution in [3.8, 4) is 17.1 Å². The van der Waals surface area contributed by atoms with Gasteiger partial charge in [-0.25, -0.2) is 5.10 Å². The summed E-state index contributed by atoms with van der Waals surface area (Å²) in [6.45, 7) is 0. The molecule has 0 amide bonds. The molecular formula is C16H13BrN4OS. The highest BCUT2D eigenvalue weighted by Crippen LogP contribution is 2.28. The first-order valence-corrected chi connectivity index (χ1v) is 8.00. The minimum Gasteiger partial charge on any atom is -0.496 e. The first-order chi connectivity index (χ1) is 11.2. The number of hydrogen-bond donors (Lipinski definition) is 1. The molecule has 0 aliphatic carbocycles. The molecule has 1 aromatic heterocycles. The number of hydrogen-bond acceptors (Lipinski definition) is 4. The van der Waals surface area contributed by atoms with Crippen LogP contribution in [0.2, 0.25) is 0 Å². The third-order valence-electron chi connectivity index (χ3n) is 3.19. The zero-order chi connectivity index (χ0) is 16.2. The molecule has 1 N–H and O–H groups in total. The summed E-state index contributed by atoms with van der Waals surface area (Å²) in [7, 11) is 1.62. The Morgan fingerprint density at radius 1 is 1.22 bits per heavy atom. The van der Waals surface area contributed by atoms with Crippen LogP contribution in [-0.4, -0.2) is 28.2 Å². The molecule has 5 nitrogen and oxygen atoms in total. The minimum atomic E-state index is 0.416. The summed E-state index contributed by atoms with van der Waals surface area (Å²) >= 11 is 8.68. The van der Waals surface area contributed by atoms with Gasteiger partial charge in [-0.3, -0.25) is 0 Å². The van der Waals surface area contributed by atoms with Crippen molar-refractivity contribution in [2.75, 3.05) is 7.11 Å². The molecule has 0 radical (unpaired) electrons. The monoisotopic (exact) mass is 388 g/mol. The molecule has 116 valence electrons. The lowest BCUT2D eigenvalue weighted by Gasteiger charge is -2.06. The van der Waals surface area contributed by atoms with Gasteiger partial charge in [-0.05, 0) is 42.0 Å². The number of benzene rings is 2. The number of methoxy groups -OCH3 is 1. The highest BCUT2D eigenvalue weighted by molar-refractivity contribution is 9.10. The van der Waals surface area contributed by atoms with Crippen molar-refractivity contribution in [3.05, 3.63) is 63.3 Å². The maximum atomic E-state index is 5.38. The van der Waals surface area contributed by atoms with Gasteiger partial charge in [0.2, 0.25) is 4.77 Å². The molecule has 1 heterocycles. The van der Waals surface area contributed by atoms with Crippen LogP contribution in [0.1, 0.15) is 5.56 Å². The first-order valence-electron chi connectivity index (χ1n) is 6.80. The molecular weight excluding hydrogens is 376 g/mol. The van der Waals surface area contributed by atoms with Gasteiger partial charge < -0.3 is 4.74 Å². The highest BCUT2D eigenvalue weighted by atomic mass is 79.9. The molecule has 3 rings (SSSR count). The average molecular weight is 389 g/mol. The highest BCUT2D eigenvalue weighted by Gasteiger charge is 2.12. The van der Waals surface area contributed by atoms with Crippen molar-refractivity contribution in [2.24, 2.45) is 5.10 Å². The number of halogens is 1. The van der Waals surface area contributed by atoms with Gasteiger partial charge in [-0.2, -0.15) is 14.9 Å². The Hall–Kier alpha value is -2.25. The lowest BCUT2D eigenvalue weighted by Crippen LogP contribution is -1.97. The van der Waals surface area contributed by atoms with E-state index >= 15 is 0 Å². The summed E-state index contributed by atoms with van der Waals surface area (Å²) in [6, 6.07) is 15.4. The third kappa shape index (κ3) is 3.40. The van der Waals surface area contributed by atoms with E-state index in [9.17, 15) is 0 Å². The predicted molar refractivity (Wildman–Crippen MR) is 96.5 cm³/mol. The number of para-hydroxylation sites is 1. The van der Waals surface area contributed by atoms with E-state index in [4.69, 9.17) is 17.0 Å². The lowest BCUT2D eigenvalue weighted by molar-refractivity contribution is 0.416. The maximum absolute atomic E-state index is 5.38. The van der Waals surface area contributed by atoms with Crippen molar-refractivity contribution >= 4 is 34.4 Å². The van der Waals surface area contributed by atoms with Gasteiger partial charge >= 0.3 is 0 Å². The molecule has 0 atom stereocenters. The van der Waals surface area contributed by atoms with Crippen LogP contribution in [-0.2, 0) is 0 Å². The van der Waals surface area contributed by atoms with Crippen LogP contribution >= 0.6 is 28.1 Å². The molecule has 3 aromatic rings. The van der Waals surface area contributed by atoms with E-state index in [2.05, 4.69) is 31.2 Å². The van der Waals surface area contributed by atoms with Crippen LogP contribution in [0.4, 0.5) is 0 Å². The zero-order valence-electron chi connectivity index (χ0n) is 12.2. The van der Waals surface area contributed by atoms with Crippen LogP contribution in [0.25, 0.3) is 11.4 Å². The Kier molecular flexibility index (Phi) is 4.68. The molecule has 0 bridgehead atoms. The van der Waals surface area contributed by atoms with E-state index in [-0.39, 0.29) is 0 Å². The third-order valence-corrected chi connectivity index (χ3v) is 3.98. The number of ether oxygens (including phenoxy) is 1. The number of H-pyrrole nitrogens is 1. The molecule has 0 saturated heterocycles. The summed E-state index contributed by atoms with van der Waals surface area (Å²) in [6.07, 6.45) is 1.73. The molecule has 0 aliphatic rings. The number of aromatic amines is 1. The Labute approximate surface area is 146 Å². The summed E-state index contributed by atoms with van der Waals surface area (Å²) in [5, 5.41) is 11.5. The lowest BCUT2D eigenvalue weighted by atomic mass is 10.2. The molecule has 0 fully saturated rings. The molecule has 23 heavy (non-hydrogen) atoms. The van der Waals surface area contributed by atoms with Gasteiger partial charge in [-0.15, -0.1) is 0 Å². The topological polar surface area (TPSA) is 55.2 Å². The number of nitrogens with one attached hydrogen (secondary N) is 1. The summed E-state index contributed by atoms with van der Waals surface area (Å²) < 4.78 is 8.39. The van der Waals surface area contributed by atoms with Gasteiger partial charge in [0.25, 0.3) is 0 Å². The number of nitrogens with zero attached hydrogens (tertiary/aromatic N) is 3. The van der Waals surface area contributed by atoms with Gasteiger partial charge in [0.1, 0.15) is 5.75 Å². The zero-order valence-corrected chi connectivity index (χ0v) is 14.6. The Bertz CT molecular complexity index is 899. The van der Waals surface area contributed by atoms with Crippen molar-refractivity contribution in [1.82, 2.24) is 14.9 Å². The van der Waals surface area contributed by atoms with E-state index in [0.29, 0.717) is 16.3 Å². The van der Waals surface area contributed by atoms with Crippen LogP contribution in [0.15, 0.2) is 58.1 Å². The number of aromatic nitrogens is 3. The molecule has 7 heteroatoms. The van der Waals surface area contributed by atoms with E-state index in [1.165, 1.54) is 0 Å². The molecule has 0 spiro atoms. The Balaban J connectivity index is 2.02. The van der Waals surface area contributed by atoms with Gasteiger partial charge in [0.15, 0.2) is 5.82 Å². The van der Waals surface area contributed by atoms with Crippen molar-refractivity contribution in [1.29, 1.82) is 0 Å². The standard InChI is InChI=1S/C16H13BrN4OS/c1-22-14-5-3-2-4-13(14)15-19-20-16(23)21(15)18-10-11-6-8-12(17)9-7-11/h2-10H,1H3,(H,20,23)/b18-10+. The van der Waals surface area contributed by atoms with Crippen LogP contribution in [0.5, 0.6) is 5.75 Å². The minimum absolute atomic E-state index is 0.416. The summed E-state index contributed by atoms with van der Waals surface area (Å²) in [5.74, 6) is 1.31. The van der Waals surface area contributed by atoms with Crippen molar-refractivity contribution in [2.45, 2.75) is 0 Å². The van der Waals surface area contributed by atoms with Gasteiger partial charge in [0.05, 0.1) is 18.9 Å². The number of rotatable bonds is 4. The molecule has 0 unspecified atom stereocenters. The largest absolute Gasteiger partial charge is 0.496 e. The van der Waals surface area contributed by atoms with Crippen LogP contribution < -0.4 is 4.74 Å². The molecule has 0 saturated carbocycles. The van der Waals surface area contributed by atoms with E-state index < -0.39 is 0 Å². The SMILES string of the molecule is COc1ccccc1-c1n[nH]c(=S)n1/N=C/c1ccc(Br)cc1. The fraction of sp³-hybridized carbons (Fsp3) is 0.0625. The van der Waals surface area contributed by atoms with E-state index in [1.807, 2.05) is 48.5 Å². The van der Waals surface area contributed by atoms with Gasteiger partial charge in [-0.1, -0.05) is 40.2 Å². The fourth-order valence-electron chi connectivity index (χ4n) is 2.08. The second-order valence-electron chi connectivity index (χ2n) is 4.66. The van der Waals surface area contributed by atoms with Crippen molar-refractivity contribution in [3.63, 3.8) is 0 Å². The summed E-state index contributed by atoms with van der Waals surface area (Å²) in [4.78, 5) is 0. The smallest absolute Gasteiger partial charge is 0.216 e. The second kappa shape index (κ2) is 6.89.